The molecule has 0 amide bonds. The van der Waals surface area contributed by atoms with Gasteiger partial charge in [0.2, 0.25) is 0 Å². The predicted octanol–water partition coefficient (Wildman–Crippen LogP) is 6.00. The third kappa shape index (κ3) is 23.7. The molecule has 0 heterocycles. The van der Waals surface area contributed by atoms with Crippen LogP contribution in [0.5, 0.6) is 0 Å². The van der Waals surface area contributed by atoms with E-state index in [0.29, 0.717) is 6.42 Å². The molecule has 0 aliphatic carbocycles. The van der Waals surface area contributed by atoms with Crippen molar-refractivity contribution in [3.05, 3.63) is 12.2 Å². The van der Waals surface area contributed by atoms with E-state index in [2.05, 4.69) is 30.5 Å². The monoisotopic (exact) mass is 492 g/mol. The molecule has 0 radical (unpaired) electrons. The van der Waals surface area contributed by atoms with Gasteiger partial charge < -0.3 is 19.3 Å². The summed E-state index contributed by atoms with van der Waals surface area (Å²) in [6.45, 7) is 3.45. The van der Waals surface area contributed by atoms with Crippen LogP contribution in [0, 0.1) is 0 Å². The summed E-state index contributed by atoms with van der Waals surface area (Å²) in [4.78, 5) is 41.8. The quantitative estimate of drug-likeness (QED) is 0.0817. The van der Waals surface area contributed by atoms with Gasteiger partial charge in [-0.15, -0.1) is 0 Å². The van der Waals surface area contributed by atoms with Crippen LogP contribution in [0.15, 0.2) is 12.2 Å². The Morgan fingerprint density at radius 1 is 0.758 bits per heavy atom. The van der Waals surface area contributed by atoms with Crippen molar-refractivity contribution >= 4 is 19.8 Å². The van der Waals surface area contributed by atoms with Gasteiger partial charge in [0.25, 0.3) is 0 Å². The lowest BCUT2D eigenvalue weighted by molar-refractivity contribution is -0.161. The number of hydrogen-bond acceptors (Lipinski definition) is 6. The van der Waals surface area contributed by atoms with Gasteiger partial charge in [0, 0.05) is 12.8 Å². The van der Waals surface area contributed by atoms with Gasteiger partial charge in [0.15, 0.2) is 6.10 Å². The van der Waals surface area contributed by atoms with E-state index in [0.717, 1.165) is 70.6 Å². The van der Waals surface area contributed by atoms with Crippen molar-refractivity contribution in [2.24, 2.45) is 0 Å². The molecule has 0 aromatic rings. The van der Waals surface area contributed by atoms with Crippen molar-refractivity contribution in [3.8, 4) is 0 Å². The molecule has 0 saturated carbocycles. The maximum Gasteiger partial charge on any atom is 0.469 e. The SMILES string of the molecule is CCC/C=C\CCCCCCCC(=O)O[C@H](COC(=O)CCCCCCC)COP(=O)(O)O. The first kappa shape index (κ1) is 31.8. The average Bonchev–Trinajstić information content (AvgIpc) is 2.76. The highest BCUT2D eigenvalue weighted by atomic mass is 31.2. The zero-order chi connectivity index (χ0) is 24.8. The Balaban J connectivity index is 4.15. The summed E-state index contributed by atoms with van der Waals surface area (Å²) < 4.78 is 25.8. The zero-order valence-electron chi connectivity index (χ0n) is 20.5. The molecule has 8 nitrogen and oxygen atoms in total. The molecule has 0 aromatic carbocycles. The number of phosphoric acid groups is 1. The van der Waals surface area contributed by atoms with Crippen molar-refractivity contribution in [2.45, 2.75) is 116 Å². The van der Waals surface area contributed by atoms with E-state index < -0.39 is 32.5 Å². The predicted molar refractivity (Wildman–Crippen MR) is 129 cm³/mol. The van der Waals surface area contributed by atoms with Crippen LogP contribution in [0.2, 0.25) is 0 Å². The number of hydrogen-bond donors (Lipinski definition) is 2. The van der Waals surface area contributed by atoms with Crippen molar-refractivity contribution in [3.63, 3.8) is 0 Å². The van der Waals surface area contributed by atoms with Gasteiger partial charge in [-0.1, -0.05) is 77.4 Å². The fourth-order valence-electron chi connectivity index (χ4n) is 3.14. The van der Waals surface area contributed by atoms with Crippen molar-refractivity contribution in [1.29, 1.82) is 0 Å². The van der Waals surface area contributed by atoms with Crippen molar-refractivity contribution in [1.82, 2.24) is 0 Å². The molecule has 0 spiro atoms. The van der Waals surface area contributed by atoms with E-state index >= 15 is 0 Å². The van der Waals surface area contributed by atoms with Crippen molar-refractivity contribution in [2.75, 3.05) is 13.2 Å². The molecule has 0 aliphatic rings. The minimum atomic E-state index is -4.72. The number of carbonyl (C=O) groups excluding carboxylic acids is 2. The molecular weight excluding hydrogens is 447 g/mol. The Hall–Kier alpha value is -1.21. The summed E-state index contributed by atoms with van der Waals surface area (Å²) in [6.07, 6.45) is 17.1. The lowest BCUT2D eigenvalue weighted by Crippen LogP contribution is -2.29. The molecular formula is C24H45O8P. The summed E-state index contributed by atoms with van der Waals surface area (Å²) in [5, 5.41) is 0. The molecule has 33 heavy (non-hydrogen) atoms. The van der Waals surface area contributed by atoms with Gasteiger partial charge in [-0.3, -0.25) is 14.1 Å². The minimum absolute atomic E-state index is 0.203. The Kier molecular flexibility index (Phi) is 20.5. The number of ether oxygens (including phenoxy) is 2. The van der Waals surface area contributed by atoms with E-state index in [9.17, 15) is 14.2 Å². The van der Waals surface area contributed by atoms with E-state index in [1.165, 1.54) is 6.42 Å². The second-order valence-electron chi connectivity index (χ2n) is 8.31. The minimum Gasteiger partial charge on any atom is -0.462 e. The first-order chi connectivity index (χ1) is 15.8. The van der Waals surface area contributed by atoms with Crippen LogP contribution in [0.4, 0.5) is 0 Å². The van der Waals surface area contributed by atoms with Crippen LogP contribution in [-0.2, 0) is 28.2 Å². The molecule has 0 bridgehead atoms. The van der Waals surface area contributed by atoms with Crippen molar-refractivity contribution < 1.29 is 37.9 Å². The van der Waals surface area contributed by atoms with E-state index in [1.54, 1.807) is 0 Å². The molecule has 0 fully saturated rings. The largest absolute Gasteiger partial charge is 0.469 e. The molecule has 0 saturated heterocycles. The maximum absolute atomic E-state index is 12.1. The highest BCUT2D eigenvalue weighted by Gasteiger charge is 2.22. The van der Waals surface area contributed by atoms with Gasteiger partial charge in [-0.05, 0) is 32.1 Å². The Bertz CT molecular complexity index is 573. The second kappa shape index (κ2) is 21.3. The van der Waals surface area contributed by atoms with Crippen LogP contribution in [0.3, 0.4) is 0 Å². The Morgan fingerprint density at radius 3 is 1.97 bits per heavy atom. The van der Waals surface area contributed by atoms with Gasteiger partial charge in [-0.2, -0.15) is 0 Å². The van der Waals surface area contributed by atoms with Crippen LogP contribution >= 0.6 is 7.82 Å². The fraction of sp³-hybridized carbons (Fsp3) is 0.833. The number of phosphoric ester groups is 1. The highest BCUT2D eigenvalue weighted by molar-refractivity contribution is 7.46. The summed E-state index contributed by atoms with van der Waals surface area (Å²) in [6, 6.07) is 0. The summed E-state index contributed by atoms with van der Waals surface area (Å²) >= 11 is 0. The second-order valence-corrected chi connectivity index (χ2v) is 9.55. The molecule has 0 aromatic heterocycles. The number of unbranched alkanes of at least 4 members (excludes halogenated alkanes) is 10. The summed E-state index contributed by atoms with van der Waals surface area (Å²) in [5.74, 6) is -0.916. The third-order valence-electron chi connectivity index (χ3n) is 5.02. The third-order valence-corrected chi connectivity index (χ3v) is 5.50. The molecule has 9 heteroatoms. The van der Waals surface area contributed by atoms with E-state index in [4.69, 9.17) is 19.3 Å². The van der Waals surface area contributed by atoms with E-state index in [-0.39, 0.29) is 19.4 Å². The first-order valence-electron chi connectivity index (χ1n) is 12.5. The number of allylic oxidation sites excluding steroid dienone is 2. The Labute approximate surface area is 199 Å². The topological polar surface area (TPSA) is 119 Å². The van der Waals surface area contributed by atoms with Gasteiger partial charge in [-0.25, -0.2) is 4.57 Å². The highest BCUT2D eigenvalue weighted by Crippen LogP contribution is 2.35. The van der Waals surface area contributed by atoms with Crippen LogP contribution in [0.25, 0.3) is 0 Å². The number of esters is 2. The summed E-state index contributed by atoms with van der Waals surface area (Å²) in [5.41, 5.74) is 0. The lowest BCUT2D eigenvalue weighted by atomic mass is 10.1. The zero-order valence-corrected chi connectivity index (χ0v) is 21.4. The molecule has 0 rings (SSSR count). The smallest absolute Gasteiger partial charge is 0.462 e. The van der Waals surface area contributed by atoms with Gasteiger partial charge >= 0.3 is 19.8 Å². The Morgan fingerprint density at radius 2 is 1.33 bits per heavy atom. The van der Waals surface area contributed by atoms with E-state index in [1.807, 2.05) is 0 Å². The lowest BCUT2D eigenvalue weighted by Gasteiger charge is -2.18. The number of rotatable bonds is 22. The molecule has 2 N–H and O–H groups in total. The molecule has 194 valence electrons. The maximum atomic E-state index is 12.1. The molecule has 0 unspecified atom stereocenters. The first-order valence-corrected chi connectivity index (χ1v) is 14.0. The number of carbonyl (C=O) groups is 2. The fourth-order valence-corrected chi connectivity index (χ4v) is 3.50. The summed E-state index contributed by atoms with van der Waals surface area (Å²) in [7, 11) is -4.72. The van der Waals surface area contributed by atoms with Crippen LogP contribution in [-0.4, -0.2) is 41.0 Å². The molecule has 1 atom stereocenters. The normalized spacial score (nSPS) is 12.7. The molecule has 0 aliphatic heterocycles. The van der Waals surface area contributed by atoms with Gasteiger partial charge in [0.1, 0.15) is 6.61 Å². The average molecular weight is 493 g/mol. The van der Waals surface area contributed by atoms with Gasteiger partial charge in [0.05, 0.1) is 6.61 Å². The van der Waals surface area contributed by atoms with Crippen LogP contribution in [0.1, 0.15) is 110 Å². The van der Waals surface area contributed by atoms with Crippen LogP contribution < -0.4 is 0 Å². The standard InChI is InChI=1S/C24H45O8P/c1-3-5-7-9-10-11-12-13-15-17-19-24(26)32-22(21-31-33(27,28)29)20-30-23(25)18-16-14-8-6-4-2/h7,9,22H,3-6,8,10-21H2,1-2H3,(H2,27,28,29)/b9-7-/t22-/m1/s1.